The standard InChI is InChI=1S/C15H20FNO/c1-15(16)9-7-13(8-10-15)18-14-6-4-3-5-12(14)11-17-2/h3-5,7-9,14,17H,6,10-11H2,1-2H3. The van der Waals surface area contributed by atoms with Crippen LogP contribution in [0.25, 0.3) is 0 Å². The summed E-state index contributed by atoms with van der Waals surface area (Å²) < 4.78 is 19.5. The van der Waals surface area contributed by atoms with Crippen molar-refractivity contribution >= 4 is 0 Å². The SMILES string of the molecule is CNCC1=CC=CCC1OC1=CCC(C)(F)C=C1. The lowest BCUT2D eigenvalue weighted by molar-refractivity contribution is 0.147. The molecule has 98 valence electrons. The summed E-state index contributed by atoms with van der Waals surface area (Å²) in [6, 6.07) is 0. The third-order valence-electron chi connectivity index (χ3n) is 3.17. The van der Waals surface area contributed by atoms with E-state index in [0.29, 0.717) is 6.42 Å². The van der Waals surface area contributed by atoms with Crippen LogP contribution in [0.15, 0.2) is 47.8 Å². The van der Waals surface area contributed by atoms with Crippen molar-refractivity contribution in [1.29, 1.82) is 0 Å². The molecule has 0 bridgehead atoms. The number of ether oxygens (including phenoxy) is 1. The lowest BCUT2D eigenvalue weighted by atomic mass is 9.98. The molecule has 0 aliphatic heterocycles. The molecule has 2 aliphatic carbocycles. The van der Waals surface area contributed by atoms with Crippen LogP contribution < -0.4 is 5.32 Å². The van der Waals surface area contributed by atoms with Gasteiger partial charge in [0.05, 0.1) is 0 Å². The average molecular weight is 249 g/mol. The molecule has 0 saturated carbocycles. The third-order valence-corrected chi connectivity index (χ3v) is 3.17. The van der Waals surface area contributed by atoms with Crippen molar-refractivity contribution in [2.24, 2.45) is 0 Å². The van der Waals surface area contributed by atoms with E-state index in [2.05, 4.69) is 23.5 Å². The summed E-state index contributed by atoms with van der Waals surface area (Å²) in [6.07, 6.45) is 12.7. The van der Waals surface area contributed by atoms with Gasteiger partial charge in [-0.15, -0.1) is 0 Å². The van der Waals surface area contributed by atoms with Gasteiger partial charge in [-0.25, -0.2) is 4.39 Å². The molecule has 1 N–H and O–H groups in total. The molecule has 3 heteroatoms. The summed E-state index contributed by atoms with van der Waals surface area (Å²) in [7, 11) is 1.92. The molecule has 0 fully saturated rings. The quantitative estimate of drug-likeness (QED) is 0.827. The number of hydrogen-bond donors (Lipinski definition) is 1. The van der Waals surface area contributed by atoms with Crippen LogP contribution in [-0.2, 0) is 4.74 Å². The second-order valence-electron chi connectivity index (χ2n) is 4.96. The van der Waals surface area contributed by atoms with Crippen LogP contribution in [0.5, 0.6) is 0 Å². The van der Waals surface area contributed by atoms with E-state index in [-0.39, 0.29) is 6.10 Å². The fourth-order valence-electron chi connectivity index (χ4n) is 2.10. The maximum absolute atomic E-state index is 13.6. The van der Waals surface area contributed by atoms with Crippen molar-refractivity contribution in [3.05, 3.63) is 47.8 Å². The van der Waals surface area contributed by atoms with E-state index in [1.807, 2.05) is 13.1 Å². The Morgan fingerprint density at radius 2 is 2.39 bits per heavy atom. The summed E-state index contributed by atoms with van der Waals surface area (Å²) in [5, 5.41) is 3.14. The molecular weight excluding hydrogens is 229 g/mol. The van der Waals surface area contributed by atoms with Crippen LogP contribution in [0.1, 0.15) is 19.8 Å². The van der Waals surface area contributed by atoms with Crippen LogP contribution in [0.4, 0.5) is 4.39 Å². The van der Waals surface area contributed by atoms with Gasteiger partial charge in [-0.05, 0) is 37.8 Å². The minimum Gasteiger partial charge on any atom is -0.486 e. The molecule has 0 spiro atoms. The molecule has 0 radical (unpaired) electrons. The highest BCUT2D eigenvalue weighted by molar-refractivity contribution is 5.27. The first-order chi connectivity index (χ1) is 8.61. The number of hydrogen-bond acceptors (Lipinski definition) is 2. The zero-order chi connectivity index (χ0) is 13.0. The molecule has 2 rings (SSSR count). The fraction of sp³-hybridized carbons (Fsp3) is 0.467. The van der Waals surface area contributed by atoms with Gasteiger partial charge in [-0.1, -0.05) is 18.2 Å². The molecule has 0 aromatic heterocycles. The van der Waals surface area contributed by atoms with Crippen LogP contribution in [-0.4, -0.2) is 25.4 Å². The summed E-state index contributed by atoms with van der Waals surface area (Å²) in [5.41, 5.74) is -0.00827. The topological polar surface area (TPSA) is 21.3 Å². The Morgan fingerprint density at radius 1 is 1.56 bits per heavy atom. The number of likely N-dealkylation sites (N-methyl/N-ethyl adjacent to an activating group) is 1. The summed E-state index contributed by atoms with van der Waals surface area (Å²) in [6.45, 7) is 2.39. The van der Waals surface area contributed by atoms with Gasteiger partial charge in [0.2, 0.25) is 0 Å². The Balaban J connectivity index is 1.98. The highest BCUT2D eigenvalue weighted by Crippen LogP contribution is 2.27. The minimum atomic E-state index is -1.23. The molecule has 2 aliphatic rings. The third kappa shape index (κ3) is 3.33. The Bertz CT molecular complexity index is 418. The first-order valence-electron chi connectivity index (χ1n) is 6.36. The van der Waals surface area contributed by atoms with Gasteiger partial charge in [0.1, 0.15) is 17.5 Å². The van der Waals surface area contributed by atoms with Gasteiger partial charge in [-0.3, -0.25) is 0 Å². The van der Waals surface area contributed by atoms with E-state index < -0.39 is 5.67 Å². The van der Waals surface area contributed by atoms with Crippen molar-refractivity contribution in [1.82, 2.24) is 5.32 Å². The molecular formula is C15H20FNO. The molecule has 18 heavy (non-hydrogen) atoms. The zero-order valence-electron chi connectivity index (χ0n) is 10.9. The lowest BCUT2D eigenvalue weighted by Gasteiger charge is -2.26. The second kappa shape index (κ2) is 5.53. The van der Waals surface area contributed by atoms with E-state index in [1.165, 1.54) is 5.57 Å². The Morgan fingerprint density at radius 3 is 3.06 bits per heavy atom. The highest BCUT2D eigenvalue weighted by atomic mass is 19.1. The van der Waals surface area contributed by atoms with Gasteiger partial charge >= 0.3 is 0 Å². The molecule has 0 aromatic carbocycles. The normalized spacial score (nSPS) is 30.9. The number of rotatable bonds is 4. The molecule has 2 unspecified atom stereocenters. The predicted octanol–water partition coefficient (Wildman–Crippen LogP) is 3.05. The van der Waals surface area contributed by atoms with E-state index in [4.69, 9.17) is 4.74 Å². The van der Waals surface area contributed by atoms with Crippen LogP contribution >= 0.6 is 0 Å². The lowest BCUT2D eigenvalue weighted by Crippen LogP contribution is -2.25. The van der Waals surface area contributed by atoms with Gasteiger partial charge < -0.3 is 10.1 Å². The average Bonchev–Trinajstić information content (AvgIpc) is 2.35. The predicted molar refractivity (Wildman–Crippen MR) is 72.0 cm³/mol. The number of halogens is 1. The van der Waals surface area contributed by atoms with Crippen molar-refractivity contribution < 1.29 is 9.13 Å². The van der Waals surface area contributed by atoms with E-state index in [0.717, 1.165) is 18.7 Å². The van der Waals surface area contributed by atoms with Crippen molar-refractivity contribution in [2.75, 3.05) is 13.6 Å². The maximum atomic E-state index is 13.6. The summed E-state index contributed by atoms with van der Waals surface area (Å²) in [5.74, 6) is 0.771. The maximum Gasteiger partial charge on any atom is 0.130 e. The van der Waals surface area contributed by atoms with Gasteiger partial charge in [0.15, 0.2) is 0 Å². The molecule has 2 atom stereocenters. The summed E-state index contributed by atoms with van der Waals surface area (Å²) >= 11 is 0. The first kappa shape index (κ1) is 13.1. The highest BCUT2D eigenvalue weighted by Gasteiger charge is 2.23. The first-order valence-corrected chi connectivity index (χ1v) is 6.36. The molecule has 0 aromatic rings. The Hall–Kier alpha value is -1.35. The molecule has 0 saturated heterocycles. The van der Waals surface area contributed by atoms with Crippen LogP contribution in [0.2, 0.25) is 0 Å². The number of allylic oxidation sites excluding steroid dienone is 5. The van der Waals surface area contributed by atoms with E-state index in [1.54, 1.807) is 19.1 Å². The van der Waals surface area contributed by atoms with Crippen molar-refractivity contribution in [3.63, 3.8) is 0 Å². The van der Waals surface area contributed by atoms with Crippen LogP contribution in [0.3, 0.4) is 0 Å². The van der Waals surface area contributed by atoms with Crippen molar-refractivity contribution in [3.8, 4) is 0 Å². The van der Waals surface area contributed by atoms with E-state index >= 15 is 0 Å². The smallest absolute Gasteiger partial charge is 0.130 e. The molecule has 2 nitrogen and oxygen atoms in total. The van der Waals surface area contributed by atoms with Gasteiger partial charge in [-0.2, -0.15) is 0 Å². The molecule has 0 amide bonds. The van der Waals surface area contributed by atoms with Crippen LogP contribution in [0, 0.1) is 0 Å². The van der Waals surface area contributed by atoms with E-state index in [9.17, 15) is 4.39 Å². The largest absolute Gasteiger partial charge is 0.486 e. The zero-order valence-corrected chi connectivity index (χ0v) is 10.9. The van der Waals surface area contributed by atoms with Gasteiger partial charge in [0, 0.05) is 19.4 Å². The van der Waals surface area contributed by atoms with Gasteiger partial charge in [0.25, 0.3) is 0 Å². The number of alkyl halides is 1. The second-order valence-corrected chi connectivity index (χ2v) is 4.96. The summed E-state index contributed by atoms with van der Waals surface area (Å²) in [4.78, 5) is 0. The van der Waals surface area contributed by atoms with Crippen molar-refractivity contribution in [2.45, 2.75) is 31.5 Å². The Labute approximate surface area is 108 Å². The number of nitrogens with one attached hydrogen (secondary N) is 1. The Kier molecular flexibility index (Phi) is 4.02. The minimum absolute atomic E-state index is 0.0577. The fourth-order valence-corrected chi connectivity index (χ4v) is 2.10. The molecule has 0 heterocycles. The monoisotopic (exact) mass is 249 g/mol.